The van der Waals surface area contributed by atoms with E-state index in [-0.39, 0.29) is 29.1 Å². The van der Waals surface area contributed by atoms with Crippen molar-refractivity contribution in [1.82, 2.24) is 10.3 Å². The van der Waals surface area contributed by atoms with E-state index in [1.807, 2.05) is 0 Å². The number of benzene rings is 2. The Morgan fingerprint density at radius 1 is 1.20 bits per heavy atom. The summed E-state index contributed by atoms with van der Waals surface area (Å²) in [5.41, 5.74) is 2.30. The van der Waals surface area contributed by atoms with E-state index in [0.717, 1.165) is 40.4 Å². The molecule has 30 heavy (non-hydrogen) atoms. The molecule has 1 aliphatic carbocycles. The van der Waals surface area contributed by atoms with Crippen LogP contribution in [-0.2, 0) is 11.2 Å². The van der Waals surface area contributed by atoms with Gasteiger partial charge in [0.15, 0.2) is 0 Å². The Balaban J connectivity index is 1.58. The van der Waals surface area contributed by atoms with Gasteiger partial charge in [-0.2, -0.15) is 0 Å². The highest BCUT2D eigenvalue weighted by molar-refractivity contribution is 7.15. The van der Waals surface area contributed by atoms with E-state index >= 15 is 0 Å². The monoisotopic (exact) mass is 425 g/mol. The van der Waals surface area contributed by atoms with Gasteiger partial charge < -0.3 is 15.7 Å². The molecule has 1 atom stereocenters. The van der Waals surface area contributed by atoms with Crippen LogP contribution in [0.4, 0.5) is 10.1 Å². The van der Waals surface area contributed by atoms with E-state index in [2.05, 4.69) is 10.6 Å². The second kappa shape index (κ2) is 8.23. The van der Waals surface area contributed by atoms with Crippen molar-refractivity contribution in [2.45, 2.75) is 32.2 Å². The Bertz CT molecular complexity index is 1110. The standard InChI is InChI=1S/C22H20FN3O3S/c1-12(27)24-15-9-10-19(28)16(11-15)21(29)25-17-3-2-4-18-20(17)30-22(26-18)13-5-7-14(23)8-6-13/h5-11,17,28H,2-4H2,1H3,(H,24,27)(H,25,29). The van der Waals surface area contributed by atoms with Crippen molar-refractivity contribution < 1.29 is 19.1 Å². The van der Waals surface area contributed by atoms with Gasteiger partial charge >= 0.3 is 0 Å². The van der Waals surface area contributed by atoms with Gasteiger partial charge in [-0.15, -0.1) is 11.3 Å². The van der Waals surface area contributed by atoms with E-state index < -0.39 is 5.91 Å². The van der Waals surface area contributed by atoms with Crippen molar-refractivity contribution in [1.29, 1.82) is 0 Å². The number of nitrogens with one attached hydrogen (secondary N) is 2. The first kappa shape index (κ1) is 20.0. The summed E-state index contributed by atoms with van der Waals surface area (Å²) in [6.07, 6.45) is 2.46. The molecule has 6 nitrogen and oxygen atoms in total. The predicted octanol–water partition coefficient (Wildman–Crippen LogP) is 4.42. The topological polar surface area (TPSA) is 91.3 Å². The van der Waals surface area contributed by atoms with Crippen molar-refractivity contribution in [3.05, 3.63) is 64.4 Å². The first-order valence-corrected chi connectivity index (χ1v) is 10.4. The van der Waals surface area contributed by atoms with Crippen LogP contribution in [0.5, 0.6) is 5.75 Å². The minimum absolute atomic E-state index is 0.0941. The molecular weight excluding hydrogens is 405 g/mol. The van der Waals surface area contributed by atoms with Crippen LogP contribution >= 0.6 is 11.3 Å². The summed E-state index contributed by atoms with van der Waals surface area (Å²) in [4.78, 5) is 29.8. The molecule has 2 aromatic carbocycles. The van der Waals surface area contributed by atoms with Gasteiger partial charge in [0.05, 0.1) is 22.2 Å². The van der Waals surface area contributed by atoms with Crippen molar-refractivity contribution in [2.24, 2.45) is 0 Å². The van der Waals surface area contributed by atoms with Gasteiger partial charge in [-0.3, -0.25) is 9.59 Å². The first-order chi connectivity index (χ1) is 14.4. The number of hydrogen-bond acceptors (Lipinski definition) is 5. The molecule has 0 bridgehead atoms. The Morgan fingerprint density at radius 2 is 1.97 bits per heavy atom. The van der Waals surface area contributed by atoms with E-state index in [0.29, 0.717) is 5.69 Å². The molecule has 1 aromatic heterocycles. The highest BCUT2D eigenvalue weighted by Crippen LogP contribution is 2.38. The molecule has 0 aliphatic heterocycles. The molecule has 0 saturated carbocycles. The van der Waals surface area contributed by atoms with E-state index in [9.17, 15) is 19.1 Å². The zero-order valence-electron chi connectivity index (χ0n) is 16.2. The van der Waals surface area contributed by atoms with E-state index in [1.165, 1.54) is 48.6 Å². The number of aryl methyl sites for hydroxylation is 1. The van der Waals surface area contributed by atoms with E-state index in [4.69, 9.17) is 4.98 Å². The van der Waals surface area contributed by atoms with Crippen LogP contribution in [0.1, 0.15) is 46.7 Å². The molecule has 2 amide bonds. The highest BCUT2D eigenvalue weighted by atomic mass is 32.1. The third-order valence-corrected chi connectivity index (χ3v) is 6.17. The van der Waals surface area contributed by atoms with Crippen LogP contribution in [0.2, 0.25) is 0 Å². The maximum absolute atomic E-state index is 13.2. The maximum Gasteiger partial charge on any atom is 0.255 e. The Hall–Kier alpha value is -3.26. The lowest BCUT2D eigenvalue weighted by atomic mass is 9.97. The van der Waals surface area contributed by atoms with Gasteiger partial charge in [0.1, 0.15) is 16.6 Å². The molecule has 1 heterocycles. The Kier molecular flexibility index (Phi) is 5.50. The number of thiazole rings is 1. The predicted molar refractivity (Wildman–Crippen MR) is 113 cm³/mol. The van der Waals surface area contributed by atoms with Crippen LogP contribution < -0.4 is 10.6 Å². The summed E-state index contributed by atoms with van der Waals surface area (Å²) in [6.45, 7) is 1.37. The van der Waals surface area contributed by atoms with E-state index in [1.54, 1.807) is 12.1 Å². The number of carbonyl (C=O) groups excluding carboxylic acids is 2. The fourth-order valence-corrected chi connectivity index (χ4v) is 4.71. The second-order valence-electron chi connectivity index (χ2n) is 7.17. The van der Waals surface area contributed by atoms with Gasteiger partial charge in [0.2, 0.25) is 5.91 Å². The zero-order valence-corrected chi connectivity index (χ0v) is 17.1. The van der Waals surface area contributed by atoms with Gasteiger partial charge in [-0.05, 0) is 61.7 Å². The van der Waals surface area contributed by atoms with Crippen LogP contribution in [-0.4, -0.2) is 21.9 Å². The number of aromatic nitrogens is 1. The molecule has 0 radical (unpaired) electrons. The summed E-state index contributed by atoms with van der Waals surface area (Å²) < 4.78 is 13.2. The molecule has 0 fully saturated rings. The lowest BCUT2D eigenvalue weighted by Crippen LogP contribution is -2.30. The number of amides is 2. The van der Waals surface area contributed by atoms with Crippen LogP contribution in [0.25, 0.3) is 10.6 Å². The number of hydrogen-bond donors (Lipinski definition) is 3. The third kappa shape index (κ3) is 4.18. The summed E-state index contributed by atoms with van der Waals surface area (Å²) in [5, 5.41) is 16.5. The molecule has 0 spiro atoms. The highest BCUT2D eigenvalue weighted by Gasteiger charge is 2.27. The van der Waals surface area contributed by atoms with Gasteiger partial charge in [0, 0.05) is 18.2 Å². The van der Waals surface area contributed by atoms with Crippen LogP contribution in [0, 0.1) is 5.82 Å². The molecule has 1 unspecified atom stereocenters. The average Bonchev–Trinajstić information content (AvgIpc) is 3.15. The van der Waals surface area contributed by atoms with Crippen molar-refractivity contribution >= 4 is 28.8 Å². The molecule has 0 saturated heterocycles. The number of nitrogens with zero attached hydrogens (tertiary/aromatic N) is 1. The van der Waals surface area contributed by atoms with Crippen molar-refractivity contribution in [3.8, 4) is 16.3 Å². The van der Waals surface area contributed by atoms with Gasteiger partial charge in [-0.1, -0.05) is 0 Å². The second-order valence-corrected chi connectivity index (χ2v) is 8.20. The number of halogens is 1. The van der Waals surface area contributed by atoms with Gasteiger partial charge in [0.25, 0.3) is 5.91 Å². The third-order valence-electron chi connectivity index (χ3n) is 4.91. The molecule has 3 N–H and O–H groups in total. The minimum atomic E-state index is -0.422. The number of rotatable bonds is 4. The largest absolute Gasteiger partial charge is 0.507 e. The summed E-state index contributed by atoms with van der Waals surface area (Å²) in [7, 11) is 0. The first-order valence-electron chi connectivity index (χ1n) is 9.57. The smallest absolute Gasteiger partial charge is 0.255 e. The van der Waals surface area contributed by atoms with Crippen molar-refractivity contribution in [3.63, 3.8) is 0 Å². The minimum Gasteiger partial charge on any atom is -0.507 e. The summed E-state index contributed by atoms with van der Waals surface area (Å²) in [5.74, 6) is -1.14. The SMILES string of the molecule is CC(=O)Nc1ccc(O)c(C(=O)NC2CCCc3nc(-c4ccc(F)cc4)sc32)c1. The number of fused-ring (bicyclic) bond motifs is 1. The quantitative estimate of drug-likeness (QED) is 0.540. The Labute approximate surface area is 176 Å². The fraction of sp³-hybridized carbons (Fsp3) is 0.227. The molecule has 3 aromatic rings. The molecule has 8 heteroatoms. The van der Waals surface area contributed by atoms with Gasteiger partial charge in [-0.25, -0.2) is 9.37 Å². The van der Waals surface area contributed by atoms with Crippen LogP contribution in [0.15, 0.2) is 42.5 Å². The number of phenolic OH excluding ortho intramolecular Hbond substituents is 1. The fourth-order valence-electron chi connectivity index (χ4n) is 3.51. The molecule has 4 rings (SSSR count). The van der Waals surface area contributed by atoms with Crippen LogP contribution in [0.3, 0.4) is 0 Å². The number of aromatic hydroxyl groups is 1. The lowest BCUT2D eigenvalue weighted by molar-refractivity contribution is -0.114. The van der Waals surface area contributed by atoms with Crippen molar-refractivity contribution in [2.75, 3.05) is 5.32 Å². The lowest BCUT2D eigenvalue weighted by Gasteiger charge is -2.22. The average molecular weight is 425 g/mol. The number of carbonyl (C=O) groups is 2. The maximum atomic E-state index is 13.2. The number of anilines is 1. The summed E-state index contributed by atoms with van der Waals surface area (Å²) >= 11 is 1.49. The zero-order chi connectivity index (χ0) is 21.3. The number of phenols is 1. The molecule has 154 valence electrons. The molecule has 1 aliphatic rings. The Morgan fingerprint density at radius 3 is 2.70 bits per heavy atom. The summed E-state index contributed by atoms with van der Waals surface area (Å²) in [6, 6.07) is 10.3. The normalized spacial score (nSPS) is 15.3. The molecular formula is C22H20FN3O3S.